The molecule has 22 heavy (non-hydrogen) atoms. The van der Waals surface area contributed by atoms with Gasteiger partial charge >= 0.3 is 0 Å². The molecular weight excluding hydrogens is 279 g/mol. The van der Waals surface area contributed by atoms with Crippen LogP contribution in [0, 0.1) is 24.1 Å². The topological polar surface area (TPSA) is 78.5 Å². The third-order valence-corrected chi connectivity index (χ3v) is 3.57. The van der Waals surface area contributed by atoms with Crippen LogP contribution in [-0.4, -0.2) is 9.97 Å². The average Bonchev–Trinajstić information content (AvgIpc) is 3.03. The Morgan fingerprint density at radius 1 is 1.23 bits per heavy atom. The minimum absolute atomic E-state index is 0.164. The van der Waals surface area contributed by atoms with E-state index in [1.165, 1.54) is 12.1 Å². The van der Waals surface area contributed by atoms with E-state index in [0.29, 0.717) is 11.3 Å². The Labute approximate surface area is 127 Å². The molecule has 0 aliphatic carbocycles. The fourth-order valence-corrected chi connectivity index (χ4v) is 2.52. The molecule has 0 unspecified atom stereocenters. The van der Waals surface area contributed by atoms with Crippen LogP contribution in [0.3, 0.4) is 0 Å². The quantitative estimate of drug-likeness (QED) is 0.756. The summed E-state index contributed by atoms with van der Waals surface area (Å²) >= 11 is 0. The van der Waals surface area contributed by atoms with Crippen LogP contribution < -0.4 is 5.73 Å². The van der Waals surface area contributed by atoms with E-state index >= 15 is 0 Å². The van der Waals surface area contributed by atoms with Gasteiger partial charge in [-0.1, -0.05) is 0 Å². The number of aromatic amines is 1. The van der Waals surface area contributed by atoms with Crippen LogP contribution in [0.2, 0.25) is 0 Å². The molecule has 0 fully saturated rings. The summed E-state index contributed by atoms with van der Waals surface area (Å²) in [6.45, 7) is 1.88. The molecule has 3 rings (SSSR count). The molecule has 0 aliphatic rings. The second-order valence-corrected chi connectivity index (χ2v) is 4.92. The van der Waals surface area contributed by atoms with E-state index in [1.54, 1.807) is 18.3 Å². The summed E-state index contributed by atoms with van der Waals surface area (Å²) in [5.74, 6) is -0.148. The number of aromatic nitrogens is 2. The van der Waals surface area contributed by atoms with Crippen molar-refractivity contribution in [3.63, 3.8) is 0 Å². The van der Waals surface area contributed by atoms with E-state index in [0.717, 1.165) is 22.4 Å². The molecule has 4 nitrogen and oxygen atoms in total. The molecule has 0 atom stereocenters. The highest BCUT2D eigenvalue weighted by Gasteiger charge is 2.18. The van der Waals surface area contributed by atoms with Crippen molar-refractivity contribution in [1.82, 2.24) is 9.97 Å². The molecule has 0 amide bonds. The molecule has 3 N–H and O–H groups in total. The van der Waals surface area contributed by atoms with Gasteiger partial charge in [0.25, 0.3) is 0 Å². The minimum Gasteiger partial charge on any atom is -0.383 e. The number of halogens is 1. The number of hydrogen-bond donors (Lipinski definition) is 2. The predicted octanol–water partition coefficient (Wildman–Crippen LogP) is 3.65. The number of pyridine rings is 1. The first-order valence-electron chi connectivity index (χ1n) is 6.71. The number of H-pyrrole nitrogens is 1. The standard InChI is InChI=1S/C17H13FN4/c1-10-15(14-3-2-8-21-14)13(9-19)17(20)22-16(10)11-4-6-12(18)7-5-11/h2-8,21H,1H3,(H2,20,22). The molecule has 2 aromatic heterocycles. The van der Waals surface area contributed by atoms with Crippen molar-refractivity contribution in [2.24, 2.45) is 0 Å². The van der Waals surface area contributed by atoms with Gasteiger partial charge in [-0.2, -0.15) is 5.26 Å². The normalized spacial score (nSPS) is 10.4. The Balaban J connectivity index is 2.30. The summed E-state index contributed by atoms with van der Waals surface area (Å²) in [6, 6.07) is 11.9. The van der Waals surface area contributed by atoms with E-state index in [-0.39, 0.29) is 11.6 Å². The van der Waals surface area contributed by atoms with Crippen LogP contribution in [-0.2, 0) is 0 Å². The lowest BCUT2D eigenvalue weighted by Crippen LogP contribution is -2.03. The van der Waals surface area contributed by atoms with Crippen molar-refractivity contribution in [2.75, 3.05) is 5.73 Å². The lowest BCUT2D eigenvalue weighted by molar-refractivity contribution is 0.628. The van der Waals surface area contributed by atoms with Gasteiger partial charge in [-0.25, -0.2) is 9.37 Å². The predicted molar refractivity (Wildman–Crippen MR) is 83.3 cm³/mol. The summed E-state index contributed by atoms with van der Waals surface area (Å²) in [6.07, 6.45) is 1.78. The Hall–Kier alpha value is -3.13. The average molecular weight is 292 g/mol. The molecule has 3 aromatic rings. The van der Waals surface area contributed by atoms with Gasteiger partial charge in [0, 0.05) is 23.0 Å². The van der Waals surface area contributed by atoms with Gasteiger partial charge < -0.3 is 10.7 Å². The van der Waals surface area contributed by atoms with Crippen LogP contribution in [0.5, 0.6) is 0 Å². The Kier molecular flexibility index (Phi) is 3.36. The molecular formula is C17H13FN4. The van der Waals surface area contributed by atoms with Gasteiger partial charge in [0.2, 0.25) is 0 Å². The molecule has 108 valence electrons. The first kappa shape index (κ1) is 13.8. The highest BCUT2D eigenvalue weighted by atomic mass is 19.1. The van der Waals surface area contributed by atoms with Crippen molar-refractivity contribution in [2.45, 2.75) is 6.92 Å². The lowest BCUT2D eigenvalue weighted by Gasteiger charge is -2.14. The minimum atomic E-state index is -0.312. The van der Waals surface area contributed by atoms with Gasteiger partial charge in [0.1, 0.15) is 23.3 Å². The Morgan fingerprint density at radius 2 is 1.95 bits per heavy atom. The number of nitrogens with two attached hydrogens (primary N) is 1. The van der Waals surface area contributed by atoms with Crippen LogP contribution in [0.1, 0.15) is 11.1 Å². The van der Waals surface area contributed by atoms with E-state index in [2.05, 4.69) is 16.0 Å². The van der Waals surface area contributed by atoms with Crippen molar-refractivity contribution < 1.29 is 4.39 Å². The van der Waals surface area contributed by atoms with Gasteiger partial charge in [0.05, 0.1) is 5.69 Å². The van der Waals surface area contributed by atoms with Crippen molar-refractivity contribution in [3.05, 3.63) is 59.5 Å². The molecule has 0 saturated carbocycles. The zero-order valence-electron chi connectivity index (χ0n) is 11.9. The van der Waals surface area contributed by atoms with E-state index in [1.807, 2.05) is 19.1 Å². The van der Waals surface area contributed by atoms with Gasteiger partial charge in [0.15, 0.2) is 0 Å². The molecule has 0 radical (unpaired) electrons. The summed E-state index contributed by atoms with van der Waals surface area (Å²) in [5, 5.41) is 9.39. The van der Waals surface area contributed by atoms with Crippen LogP contribution in [0.15, 0.2) is 42.6 Å². The molecule has 0 saturated heterocycles. The molecule has 0 bridgehead atoms. The zero-order valence-corrected chi connectivity index (χ0v) is 11.9. The molecule has 0 aliphatic heterocycles. The Morgan fingerprint density at radius 3 is 2.55 bits per heavy atom. The maximum atomic E-state index is 13.1. The van der Waals surface area contributed by atoms with Gasteiger partial charge in [-0.15, -0.1) is 0 Å². The maximum absolute atomic E-state index is 13.1. The maximum Gasteiger partial charge on any atom is 0.142 e. The zero-order chi connectivity index (χ0) is 15.7. The van der Waals surface area contributed by atoms with Crippen LogP contribution in [0.4, 0.5) is 10.2 Å². The summed E-state index contributed by atoms with van der Waals surface area (Å²) in [5.41, 5.74) is 10.0. The van der Waals surface area contributed by atoms with Crippen LogP contribution >= 0.6 is 0 Å². The number of nitriles is 1. The van der Waals surface area contributed by atoms with Crippen molar-refractivity contribution in [1.29, 1.82) is 5.26 Å². The number of hydrogen-bond acceptors (Lipinski definition) is 3. The SMILES string of the molecule is Cc1c(-c2ccc(F)cc2)nc(N)c(C#N)c1-c1ccc[nH]1. The first-order chi connectivity index (χ1) is 10.6. The van der Waals surface area contributed by atoms with Crippen molar-refractivity contribution >= 4 is 5.82 Å². The largest absolute Gasteiger partial charge is 0.383 e. The smallest absolute Gasteiger partial charge is 0.142 e. The second kappa shape index (κ2) is 5.34. The molecule has 1 aromatic carbocycles. The van der Waals surface area contributed by atoms with Gasteiger partial charge in [-0.05, 0) is 48.9 Å². The number of nitrogens with one attached hydrogen (secondary N) is 1. The van der Waals surface area contributed by atoms with E-state index < -0.39 is 0 Å². The summed E-state index contributed by atoms with van der Waals surface area (Å²) in [4.78, 5) is 7.42. The monoisotopic (exact) mass is 292 g/mol. The number of nitrogens with zero attached hydrogens (tertiary/aromatic N) is 2. The summed E-state index contributed by atoms with van der Waals surface area (Å²) < 4.78 is 13.1. The van der Waals surface area contributed by atoms with Crippen LogP contribution in [0.25, 0.3) is 22.5 Å². The lowest BCUT2D eigenvalue weighted by atomic mass is 9.96. The third-order valence-electron chi connectivity index (χ3n) is 3.57. The Bertz CT molecular complexity index is 859. The number of nitrogen functional groups attached to an aromatic ring is 1. The second-order valence-electron chi connectivity index (χ2n) is 4.92. The van der Waals surface area contributed by atoms with E-state index in [4.69, 9.17) is 5.73 Å². The van der Waals surface area contributed by atoms with Gasteiger partial charge in [-0.3, -0.25) is 0 Å². The number of anilines is 1. The molecule has 2 heterocycles. The fraction of sp³-hybridized carbons (Fsp3) is 0.0588. The highest BCUT2D eigenvalue weighted by Crippen LogP contribution is 2.34. The molecule has 0 spiro atoms. The third kappa shape index (κ3) is 2.21. The highest BCUT2D eigenvalue weighted by molar-refractivity contribution is 5.82. The number of benzene rings is 1. The van der Waals surface area contributed by atoms with Crippen molar-refractivity contribution in [3.8, 4) is 28.6 Å². The molecule has 5 heteroatoms. The number of rotatable bonds is 2. The summed E-state index contributed by atoms with van der Waals surface area (Å²) in [7, 11) is 0. The first-order valence-corrected chi connectivity index (χ1v) is 6.71. The van der Waals surface area contributed by atoms with E-state index in [9.17, 15) is 9.65 Å². The fourth-order valence-electron chi connectivity index (χ4n) is 2.52.